The van der Waals surface area contributed by atoms with Crippen molar-refractivity contribution in [2.75, 3.05) is 13.2 Å². The molecule has 6 nitrogen and oxygen atoms in total. The van der Waals surface area contributed by atoms with Crippen LogP contribution in [0.5, 0.6) is 5.75 Å². The highest BCUT2D eigenvalue weighted by molar-refractivity contribution is 5.69. The maximum absolute atomic E-state index is 11.4. The summed E-state index contributed by atoms with van der Waals surface area (Å²) in [6.07, 6.45) is 8.18. The van der Waals surface area contributed by atoms with Crippen molar-refractivity contribution in [1.29, 1.82) is 0 Å². The molecule has 2 aliphatic rings. The van der Waals surface area contributed by atoms with Gasteiger partial charge in [0, 0.05) is 18.9 Å². The molecule has 1 saturated heterocycles. The third-order valence-corrected chi connectivity index (χ3v) is 7.25. The number of carboxylic acids is 1. The molecule has 0 aromatic heterocycles. The van der Waals surface area contributed by atoms with Crippen molar-refractivity contribution in [1.82, 2.24) is 0 Å². The minimum absolute atomic E-state index is 0.0199. The van der Waals surface area contributed by atoms with Gasteiger partial charge in [0.2, 0.25) is 0 Å². The summed E-state index contributed by atoms with van der Waals surface area (Å²) in [5.41, 5.74) is 1.16. The summed E-state index contributed by atoms with van der Waals surface area (Å²) >= 11 is 0. The number of ether oxygens (including phenoxy) is 2. The third kappa shape index (κ3) is 7.56. The van der Waals surface area contributed by atoms with E-state index in [2.05, 4.69) is 0 Å². The van der Waals surface area contributed by atoms with E-state index in [9.17, 15) is 20.1 Å². The first-order valence-corrected chi connectivity index (χ1v) is 12.5. The molecule has 1 unspecified atom stereocenters. The fraction of sp³-hybridized carbons (Fsp3) is 0.667. The van der Waals surface area contributed by atoms with E-state index >= 15 is 0 Å². The molecule has 2 fully saturated rings. The van der Waals surface area contributed by atoms with Crippen LogP contribution < -0.4 is 4.74 Å². The topological polar surface area (TPSA) is 96.2 Å². The number of benzene rings is 1. The number of carbonyl (C=O) groups is 1. The lowest BCUT2D eigenvalue weighted by atomic mass is 9.85. The number of fused-ring (bicyclic) bond motifs is 1. The lowest BCUT2D eigenvalue weighted by molar-refractivity contribution is -0.142. The van der Waals surface area contributed by atoms with Crippen LogP contribution in [0.25, 0.3) is 0 Å². The smallest absolute Gasteiger partial charge is 0.306 e. The number of rotatable bonds is 11. The molecule has 0 radical (unpaired) electrons. The molecule has 1 saturated carbocycles. The number of hydrogen-bond acceptors (Lipinski definition) is 5. The number of aliphatic hydroxyl groups is 2. The Bertz CT molecular complexity index is 760. The van der Waals surface area contributed by atoms with Crippen LogP contribution in [0.15, 0.2) is 36.4 Å². The number of carboxylic acid groups (broad SMARTS) is 1. The van der Waals surface area contributed by atoms with Gasteiger partial charge < -0.3 is 24.8 Å². The lowest BCUT2D eigenvalue weighted by Gasteiger charge is -2.21. The normalized spacial score (nSPS) is 29.4. The Hall–Kier alpha value is -1.89. The lowest BCUT2D eigenvalue weighted by Crippen LogP contribution is -2.22. The maximum atomic E-state index is 11.4. The fourth-order valence-electron chi connectivity index (χ4n) is 5.25. The zero-order valence-electron chi connectivity index (χ0n) is 19.9. The van der Waals surface area contributed by atoms with Gasteiger partial charge in [-0.2, -0.15) is 0 Å². The zero-order valence-corrected chi connectivity index (χ0v) is 19.9. The summed E-state index contributed by atoms with van der Waals surface area (Å²) in [5.74, 6) is 0.304. The van der Waals surface area contributed by atoms with Crippen molar-refractivity contribution in [2.45, 2.75) is 77.1 Å². The van der Waals surface area contributed by atoms with Crippen LogP contribution in [0, 0.1) is 30.6 Å². The average Bonchev–Trinajstić information content (AvgIpc) is 2.95. The quantitative estimate of drug-likeness (QED) is 0.425. The Morgan fingerprint density at radius 1 is 1.24 bits per heavy atom. The minimum Gasteiger partial charge on any atom is -0.491 e. The molecule has 1 aromatic carbocycles. The van der Waals surface area contributed by atoms with E-state index in [0.717, 1.165) is 43.4 Å². The molecule has 1 aliphatic heterocycles. The van der Waals surface area contributed by atoms with Crippen LogP contribution in [0.1, 0.15) is 57.4 Å². The maximum Gasteiger partial charge on any atom is 0.306 e. The molecule has 7 atom stereocenters. The van der Waals surface area contributed by atoms with Crippen LogP contribution in [-0.2, 0) is 9.53 Å². The molecule has 184 valence electrons. The van der Waals surface area contributed by atoms with Gasteiger partial charge in [-0.05, 0) is 63.0 Å². The van der Waals surface area contributed by atoms with Gasteiger partial charge in [-0.1, -0.05) is 43.2 Å². The second-order valence-corrected chi connectivity index (χ2v) is 9.84. The second-order valence-electron chi connectivity index (χ2n) is 9.84. The molecular formula is C27H40O6. The predicted octanol–water partition coefficient (Wildman–Crippen LogP) is 4.36. The highest BCUT2D eigenvalue weighted by Crippen LogP contribution is 2.42. The van der Waals surface area contributed by atoms with Gasteiger partial charge in [-0.15, -0.1) is 0 Å². The molecule has 1 aliphatic carbocycles. The first-order chi connectivity index (χ1) is 15.9. The molecule has 3 N–H and O–H groups in total. The van der Waals surface area contributed by atoms with Gasteiger partial charge in [0.05, 0.1) is 18.1 Å². The highest BCUT2D eigenvalue weighted by atomic mass is 16.5. The molecule has 0 spiro atoms. The van der Waals surface area contributed by atoms with Crippen molar-refractivity contribution in [3.8, 4) is 5.75 Å². The second kappa shape index (κ2) is 12.5. The van der Waals surface area contributed by atoms with Crippen molar-refractivity contribution >= 4 is 5.97 Å². The summed E-state index contributed by atoms with van der Waals surface area (Å²) in [4.78, 5) is 11.4. The van der Waals surface area contributed by atoms with E-state index in [1.165, 1.54) is 0 Å². The van der Waals surface area contributed by atoms with Crippen LogP contribution in [0.4, 0.5) is 0 Å². The Morgan fingerprint density at radius 3 is 2.70 bits per heavy atom. The number of aryl methyl sites for hydroxylation is 1. The summed E-state index contributed by atoms with van der Waals surface area (Å²) in [6, 6.07) is 7.71. The van der Waals surface area contributed by atoms with Gasteiger partial charge in [0.25, 0.3) is 0 Å². The molecule has 3 rings (SSSR count). The SMILES string of the molecule is CCCC(CC[C@@H]1CC[C@@H]2[C@@H](C=C[C@@H](O)COc3ccc(C)cc3)[C@H](O)C[C@@H]2OC1)C(=O)O. The van der Waals surface area contributed by atoms with Crippen LogP contribution >= 0.6 is 0 Å². The average molecular weight is 461 g/mol. The summed E-state index contributed by atoms with van der Waals surface area (Å²) in [6.45, 7) is 4.84. The number of aliphatic carboxylic acids is 1. The monoisotopic (exact) mass is 460 g/mol. The van der Waals surface area contributed by atoms with E-state index in [0.29, 0.717) is 25.4 Å². The summed E-state index contributed by atoms with van der Waals surface area (Å²) in [7, 11) is 0. The van der Waals surface area contributed by atoms with Gasteiger partial charge in [-0.25, -0.2) is 0 Å². The van der Waals surface area contributed by atoms with Crippen molar-refractivity contribution < 1.29 is 29.6 Å². The Morgan fingerprint density at radius 2 is 2.00 bits per heavy atom. The Labute approximate surface area is 197 Å². The highest BCUT2D eigenvalue weighted by Gasteiger charge is 2.43. The largest absolute Gasteiger partial charge is 0.491 e. The number of hydrogen-bond donors (Lipinski definition) is 3. The number of aliphatic hydroxyl groups excluding tert-OH is 2. The van der Waals surface area contributed by atoms with E-state index in [4.69, 9.17) is 9.47 Å². The van der Waals surface area contributed by atoms with Crippen molar-refractivity contribution in [3.63, 3.8) is 0 Å². The van der Waals surface area contributed by atoms with E-state index < -0.39 is 18.2 Å². The van der Waals surface area contributed by atoms with Crippen molar-refractivity contribution in [3.05, 3.63) is 42.0 Å². The van der Waals surface area contributed by atoms with Crippen LogP contribution in [0.3, 0.4) is 0 Å². The summed E-state index contributed by atoms with van der Waals surface area (Å²) in [5, 5.41) is 30.4. The first kappa shape index (κ1) is 25.7. The van der Waals surface area contributed by atoms with Crippen molar-refractivity contribution in [2.24, 2.45) is 23.7 Å². The standard InChI is InChI=1S/C27H40O6/c1-3-4-20(27(30)31)9-7-19-8-13-24-23(25(29)15-26(24)33-16-19)14-10-21(28)17-32-22-11-5-18(2)6-12-22/h5-6,10-12,14,19-21,23-26,28-29H,3-4,7-9,13,15-17H2,1-2H3,(H,30,31)/t19-,20?,21-,23-,24-,25-,26+/m1/s1. The van der Waals surface area contributed by atoms with E-state index in [1.807, 2.05) is 44.2 Å². The van der Waals surface area contributed by atoms with Crippen LogP contribution in [-0.4, -0.2) is 52.8 Å². The molecule has 1 heterocycles. The molecule has 0 amide bonds. The van der Waals surface area contributed by atoms with E-state index in [1.54, 1.807) is 6.08 Å². The molecule has 33 heavy (non-hydrogen) atoms. The van der Waals surface area contributed by atoms with Gasteiger partial charge >= 0.3 is 5.97 Å². The zero-order chi connectivity index (χ0) is 23.8. The molecule has 0 bridgehead atoms. The van der Waals surface area contributed by atoms with Gasteiger partial charge in [-0.3, -0.25) is 4.79 Å². The molecule has 1 aromatic rings. The minimum atomic E-state index is -0.747. The summed E-state index contributed by atoms with van der Waals surface area (Å²) < 4.78 is 11.8. The van der Waals surface area contributed by atoms with Gasteiger partial charge in [0.15, 0.2) is 0 Å². The van der Waals surface area contributed by atoms with E-state index in [-0.39, 0.29) is 30.5 Å². The van der Waals surface area contributed by atoms with Gasteiger partial charge in [0.1, 0.15) is 18.5 Å². The molecule has 6 heteroatoms. The van der Waals surface area contributed by atoms with Crippen LogP contribution in [0.2, 0.25) is 0 Å². The third-order valence-electron chi connectivity index (χ3n) is 7.25. The fourth-order valence-corrected chi connectivity index (χ4v) is 5.25. The molecular weight excluding hydrogens is 420 g/mol. The Kier molecular flexibility index (Phi) is 9.78. The Balaban J connectivity index is 1.49. The predicted molar refractivity (Wildman–Crippen MR) is 127 cm³/mol. The first-order valence-electron chi connectivity index (χ1n) is 12.5.